The average Bonchev–Trinajstić information content (AvgIpc) is 2.77. The lowest BCUT2D eigenvalue weighted by Gasteiger charge is -2.08. The van der Waals surface area contributed by atoms with Gasteiger partial charge in [-0.25, -0.2) is 4.98 Å². The largest absolute Gasteiger partial charge is 0.485 e. The molecule has 2 aromatic heterocycles. The summed E-state index contributed by atoms with van der Waals surface area (Å²) in [6.45, 7) is 6.67. The van der Waals surface area contributed by atoms with Crippen molar-refractivity contribution in [1.29, 1.82) is 0 Å². The van der Waals surface area contributed by atoms with Gasteiger partial charge in [-0.2, -0.15) is 0 Å². The third-order valence-corrected chi connectivity index (χ3v) is 4.27. The SMILES string of the molecule is CCC(N)Cc1ccc(OCc2nc(C)c(C)s2)cn1. The summed E-state index contributed by atoms with van der Waals surface area (Å²) in [5, 5.41) is 0.997. The first kappa shape index (κ1) is 14.9. The van der Waals surface area contributed by atoms with Crippen LogP contribution in [0, 0.1) is 13.8 Å². The molecular weight excluding hydrogens is 270 g/mol. The molecule has 4 nitrogen and oxygen atoms in total. The van der Waals surface area contributed by atoms with Gasteiger partial charge in [0.25, 0.3) is 0 Å². The minimum absolute atomic E-state index is 0.176. The smallest absolute Gasteiger partial charge is 0.140 e. The quantitative estimate of drug-likeness (QED) is 0.888. The fourth-order valence-corrected chi connectivity index (χ4v) is 2.62. The van der Waals surface area contributed by atoms with Crippen LogP contribution in [-0.2, 0) is 13.0 Å². The Morgan fingerprint density at radius 3 is 2.70 bits per heavy atom. The summed E-state index contributed by atoms with van der Waals surface area (Å²) < 4.78 is 5.70. The lowest BCUT2D eigenvalue weighted by Crippen LogP contribution is -2.21. The number of thiazole rings is 1. The Bertz CT molecular complexity index is 531. The molecule has 0 aliphatic carbocycles. The molecule has 0 bridgehead atoms. The number of rotatable bonds is 6. The highest BCUT2D eigenvalue weighted by Crippen LogP contribution is 2.19. The van der Waals surface area contributed by atoms with Crippen LogP contribution < -0.4 is 10.5 Å². The molecule has 108 valence electrons. The number of pyridine rings is 1. The molecule has 2 rings (SSSR count). The third-order valence-electron chi connectivity index (χ3n) is 3.23. The molecule has 2 N–H and O–H groups in total. The Kier molecular flexibility index (Phi) is 5.09. The topological polar surface area (TPSA) is 61.0 Å². The van der Waals surface area contributed by atoms with Crippen molar-refractivity contribution in [3.63, 3.8) is 0 Å². The van der Waals surface area contributed by atoms with Gasteiger partial charge in [0.05, 0.1) is 11.9 Å². The molecule has 0 aromatic carbocycles. The molecule has 0 aliphatic heterocycles. The van der Waals surface area contributed by atoms with Gasteiger partial charge >= 0.3 is 0 Å². The number of hydrogen-bond donors (Lipinski definition) is 1. The molecule has 0 saturated heterocycles. The number of nitrogens with two attached hydrogens (primary N) is 1. The predicted octanol–water partition coefficient (Wildman–Crippen LogP) is 3.01. The van der Waals surface area contributed by atoms with Crippen molar-refractivity contribution in [2.75, 3.05) is 0 Å². The van der Waals surface area contributed by atoms with Crippen LogP contribution >= 0.6 is 11.3 Å². The van der Waals surface area contributed by atoms with Crippen molar-refractivity contribution < 1.29 is 4.74 Å². The first-order valence-corrected chi connectivity index (χ1v) is 7.66. The van der Waals surface area contributed by atoms with Crippen LogP contribution in [0.2, 0.25) is 0 Å². The molecule has 0 saturated carbocycles. The first-order chi connectivity index (χ1) is 9.58. The highest BCUT2D eigenvalue weighted by Gasteiger charge is 2.06. The minimum Gasteiger partial charge on any atom is -0.485 e. The van der Waals surface area contributed by atoms with Crippen molar-refractivity contribution >= 4 is 11.3 Å². The van der Waals surface area contributed by atoms with E-state index in [-0.39, 0.29) is 6.04 Å². The van der Waals surface area contributed by atoms with Gasteiger partial charge < -0.3 is 10.5 Å². The molecule has 0 amide bonds. The number of nitrogens with zero attached hydrogens (tertiary/aromatic N) is 2. The van der Waals surface area contributed by atoms with Crippen molar-refractivity contribution in [3.8, 4) is 5.75 Å². The van der Waals surface area contributed by atoms with Crippen LogP contribution in [0.5, 0.6) is 5.75 Å². The molecule has 0 radical (unpaired) electrons. The zero-order chi connectivity index (χ0) is 14.5. The van der Waals surface area contributed by atoms with Gasteiger partial charge in [-0.05, 0) is 32.4 Å². The van der Waals surface area contributed by atoms with E-state index in [4.69, 9.17) is 10.5 Å². The molecule has 5 heteroatoms. The lowest BCUT2D eigenvalue weighted by atomic mass is 10.1. The van der Waals surface area contributed by atoms with E-state index in [0.29, 0.717) is 6.61 Å². The normalized spacial score (nSPS) is 12.4. The van der Waals surface area contributed by atoms with Gasteiger partial charge in [-0.3, -0.25) is 4.98 Å². The Morgan fingerprint density at radius 1 is 1.35 bits per heavy atom. The maximum atomic E-state index is 5.92. The Balaban J connectivity index is 1.90. The van der Waals surface area contributed by atoms with Gasteiger partial charge in [0.15, 0.2) is 0 Å². The molecule has 2 aromatic rings. The standard InChI is InChI=1S/C15H21N3OS/c1-4-12(16)7-13-5-6-14(8-17-13)19-9-15-18-10(2)11(3)20-15/h5-6,8,12H,4,7,9,16H2,1-3H3. The molecule has 0 spiro atoms. The highest BCUT2D eigenvalue weighted by atomic mass is 32.1. The van der Waals surface area contributed by atoms with E-state index in [9.17, 15) is 0 Å². The number of aryl methyl sites for hydroxylation is 2. The van der Waals surface area contributed by atoms with Crippen molar-refractivity contribution in [3.05, 3.63) is 39.6 Å². The monoisotopic (exact) mass is 291 g/mol. The summed E-state index contributed by atoms with van der Waals surface area (Å²) >= 11 is 1.68. The van der Waals surface area contributed by atoms with E-state index in [0.717, 1.165) is 35.0 Å². The van der Waals surface area contributed by atoms with Crippen molar-refractivity contribution in [2.24, 2.45) is 5.73 Å². The molecule has 20 heavy (non-hydrogen) atoms. The summed E-state index contributed by atoms with van der Waals surface area (Å²) in [7, 11) is 0. The molecule has 1 unspecified atom stereocenters. The van der Waals surface area contributed by atoms with Gasteiger partial charge in [0, 0.05) is 23.0 Å². The Morgan fingerprint density at radius 2 is 2.15 bits per heavy atom. The van der Waals surface area contributed by atoms with Crippen LogP contribution in [-0.4, -0.2) is 16.0 Å². The summed E-state index contributed by atoms with van der Waals surface area (Å²) in [4.78, 5) is 10.1. The first-order valence-electron chi connectivity index (χ1n) is 6.84. The molecule has 1 atom stereocenters. The second-order valence-corrected chi connectivity index (χ2v) is 6.18. The minimum atomic E-state index is 0.176. The van der Waals surface area contributed by atoms with Gasteiger partial charge in [-0.15, -0.1) is 11.3 Å². The maximum Gasteiger partial charge on any atom is 0.140 e. The summed E-state index contributed by atoms with van der Waals surface area (Å²) in [6, 6.07) is 4.09. The van der Waals surface area contributed by atoms with E-state index >= 15 is 0 Å². The second kappa shape index (κ2) is 6.81. The maximum absolute atomic E-state index is 5.92. The van der Waals surface area contributed by atoms with E-state index < -0.39 is 0 Å². The van der Waals surface area contributed by atoms with E-state index in [1.807, 2.05) is 19.1 Å². The van der Waals surface area contributed by atoms with Crippen LogP contribution in [0.4, 0.5) is 0 Å². The van der Waals surface area contributed by atoms with Gasteiger partial charge in [-0.1, -0.05) is 6.92 Å². The Labute approximate surface area is 124 Å². The zero-order valence-electron chi connectivity index (χ0n) is 12.2. The van der Waals surface area contributed by atoms with Crippen LogP contribution in [0.25, 0.3) is 0 Å². The lowest BCUT2D eigenvalue weighted by molar-refractivity contribution is 0.304. The molecule has 0 aliphatic rings. The predicted molar refractivity (Wildman–Crippen MR) is 82.1 cm³/mol. The summed E-state index contributed by atoms with van der Waals surface area (Å²) in [5.41, 5.74) is 8.00. The fraction of sp³-hybridized carbons (Fsp3) is 0.467. The van der Waals surface area contributed by atoms with Gasteiger partial charge in [0.1, 0.15) is 17.4 Å². The number of aromatic nitrogens is 2. The number of hydrogen-bond acceptors (Lipinski definition) is 5. The number of ether oxygens (including phenoxy) is 1. The zero-order valence-corrected chi connectivity index (χ0v) is 13.0. The van der Waals surface area contributed by atoms with Gasteiger partial charge in [0.2, 0.25) is 0 Å². The van der Waals surface area contributed by atoms with E-state index in [1.54, 1.807) is 17.5 Å². The van der Waals surface area contributed by atoms with Crippen LogP contribution in [0.1, 0.15) is 34.6 Å². The third kappa shape index (κ3) is 4.02. The van der Waals surface area contributed by atoms with Crippen molar-refractivity contribution in [2.45, 2.75) is 46.3 Å². The summed E-state index contributed by atoms with van der Waals surface area (Å²) in [6.07, 6.45) is 3.52. The molecule has 0 fully saturated rings. The molecule has 2 heterocycles. The second-order valence-electron chi connectivity index (χ2n) is 4.90. The highest BCUT2D eigenvalue weighted by molar-refractivity contribution is 7.11. The van der Waals surface area contributed by atoms with E-state index in [2.05, 4.69) is 23.8 Å². The Hall–Kier alpha value is -1.46. The van der Waals surface area contributed by atoms with E-state index in [1.165, 1.54) is 4.88 Å². The molecular formula is C15H21N3OS. The fourth-order valence-electron chi connectivity index (χ4n) is 1.78. The van der Waals surface area contributed by atoms with Crippen LogP contribution in [0.15, 0.2) is 18.3 Å². The van der Waals surface area contributed by atoms with Crippen LogP contribution in [0.3, 0.4) is 0 Å². The summed E-state index contributed by atoms with van der Waals surface area (Å²) in [5.74, 6) is 0.768. The average molecular weight is 291 g/mol. The van der Waals surface area contributed by atoms with Crippen molar-refractivity contribution in [1.82, 2.24) is 9.97 Å².